The zero-order valence-electron chi connectivity index (χ0n) is 8.87. The Balaban J connectivity index is 3.84. The number of carbonyl (C=O) groups is 3. The molecule has 0 unspecified atom stereocenters. The van der Waals surface area contributed by atoms with Crippen molar-refractivity contribution in [1.82, 2.24) is 5.32 Å². The van der Waals surface area contributed by atoms with E-state index in [-0.39, 0.29) is 13.0 Å². The highest BCUT2D eigenvalue weighted by atomic mass is 16.4. The molecule has 0 saturated carbocycles. The van der Waals surface area contributed by atoms with Gasteiger partial charge in [-0.2, -0.15) is 0 Å². The van der Waals surface area contributed by atoms with Crippen molar-refractivity contribution in [1.29, 1.82) is 0 Å². The number of amides is 2. The fraction of sp³-hybridized carbons (Fsp3) is 0.667. The van der Waals surface area contributed by atoms with Crippen LogP contribution in [0.5, 0.6) is 0 Å². The van der Waals surface area contributed by atoms with Crippen molar-refractivity contribution >= 4 is 17.8 Å². The highest BCUT2D eigenvalue weighted by Gasteiger charge is 2.26. The molecule has 2 amide bonds. The van der Waals surface area contributed by atoms with Crippen LogP contribution in [-0.2, 0) is 14.4 Å². The van der Waals surface area contributed by atoms with Gasteiger partial charge in [0.1, 0.15) is 6.42 Å². The summed E-state index contributed by atoms with van der Waals surface area (Å²) in [4.78, 5) is 32.0. The predicted molar refractivity (Wildman–Crippen MR) is 52.9 cm³/mol. The number of carboxylic acids is 1. The zero-order valence-corrected chi connectivity index (χ0v) is 8.87. The van der Waals surface area contributed by atoms with E-state index in [0.717, 1.165) is 0 Å². The molecule has 0 saturated heterocycles. The van der Waals surface area contributed by atoms with Gasteiger partial charge in [0.05, 0.1) is 5.41 Å². The van der Waals surface area contributed by atoms with E-state index in [4.69, 9.17) is 10.8 Å². The summed E-state index contributed by atoms with van der Waals surface area (Å²) in [6.45, 7) is 3.34. The van der Waals surface area contributed by atoms with E-state index in [9.17, 15) is 14.4 Å². The van der Waals surface area contributed by atoms with Gasteiger partial charge in [-0.1, -0.05) is 0 Å². The molecule has 15 heavy (non-hydrogen) atoms. The van der Waals surface area contributed by atoms with Crippen LogP contribution in [0.4, 0.5) is 0 Å². The van der Waals surface area contributed by atoms with Crippen molar-refractivity contribution in [3.05, 3.63) is 0 Å². The third-order valence-electron chi connectivity index (χ3n) is 1.99. The lowest BCUT2D eigenvalue weighted by Crippen LogP contribution is -2.33. The molecule has 0 aliphatic heterocycles. The molecular formula is C9H16N2O4. The quantitative estimate of drug-likeness (QED) is 0.519. The van der Waals surface area contributed by atoms with E-state index in [2.05, 4.69) is 5.32 Å². The second-order valence-corrected chi connectivity index (χ2v) is 3.93. The SMILES string of the molecule is CC(C)(CCNC(=O)CC(N)=O)C(=O)O. The maximum absolute atomic E-state index is 10.9. The van der Waals surface area contributed by atoms with Gasteiger partial charge in [0.25, 0.3) is 0 Å². The van der Waals surface area contributed by atoms with Gasteiger partial charge in [-0.15, -0.1) is 0 Å². The minimum absolute atomic E-state index is 0.214. The summed E-state index contributed by atoms with van der Waals surface area (Å²) >= 11 is 0. The molecule has 0 aliphatic carbocycles. The maximum atomic E-state index is 10.9. The number of primary amides is 1. The first-order valence-corrected chi connectivity index (χ1v) is 4.54. The van der Waals surface area contributed by atoms with Crippen LogP contribution in [0.15, 0.2) is 0 Å². The highest BCUT2D eigenvalue weighted by molar-refractivity contribution is 5.96. The van der Waals surface area contributed by atoms with Crippen molar-refractivity contribution in [2.75, 3.05) is 6.54 Å². The monoisotopic (exact) mass is 216 g/mol. The standard InChI is InChI=1S/C9H16N2O4/c1-9(2,8(14)15)3-4-11-7(13)5-6(10)12/h3-5H2,1-2H3,(H2,10,12)(H,11,13)(H,14,15). The van der Waals surface area contributed by atoms with Crippen LogP contribution >= 0.6 is 0 Å². The van der Waals surface area contributed by atoms with E-state index in [1.165, 1.54) is 0 Å². The number of carbonyl (C=O) groups excluding carboxylic acids is 2. The Kier molecular flexibility index (Phi) is 4.77. The van der Waals surface area contributed by atoms with E-state index in [1.54, 1.807) is 13.8 Å². The third kappa shape index (κ3) is 5.66. The Morgan fingerprint density at radius 2 is 1.87 bits per heavy atom. The molecule has 0 aromatic heterocycles. The Morgan fingerprint density at radius 3 is 2.27 bits per heavy atom. The maximum Gasteiger partial charge on any atom is 0.309 e. The second kappa shape index (κ2) is 5.33. The van der Waals surface area contributed by atoms with Crippen molar-refractivity contribution in [3.8, 4) is 0 Å². The van der Waals surface area contributed by atoms with Gasteiger partial charge >= 0.3 is 5.97 Å². The molecular weight excluding hydrogens is 200 g/mol. The molecule has 0 aromatic carbocycles. The first-order chi connectivity index (χ1) is 6.75. The molecule has 0 aromatic rings. The van der Waals surface area contributed by atoms with Crippen LogP contribution in [0, 0.1) is 5.41 Å². The molecule has 0 aliphatic rings. The molecule has 0 heterocycles. The van der Waals surface area contributed by atoms with Gasteiger partial charge in [0.15, 0.2) is 0 Å². The number of aliphatic carboxylic acids is 1. The van der Waals surface area contributed by atoms with Gasteiger partial charge in [-0.3, -0.25) is 14.4 Å². The summed E-state index contributed by atoms with van der Waals surface area (Å²) < 4.78 is 0. The lowest BCUT2D eigenvalue weighted by atomic mass is 9.90. The average Bonchev–Trinajstić information content (AvgIpc) is 2.01. The Morgan fingerprint density at radius 1 is 1.33 bits per heavy atom. The number of hydrogen-bond acceptors (Lipinski definition) is 3. The first-order valence-electron chi connectivity index (χ1n) is 4.54. The Hall–Kier alpha value is -1.59. The van der Waals surface area contributed by atoms with E-state index in [1.807, 2.05) is 0 Å². The molecule has 0 atom stereocenters. The van der Waals surface area contributed by atoms with E-state index < -0.39 is 23.2 Å². The van der Waals surface area contributed by atoms with E-state index in [0.29, 0.717) is 6.42 Å². The van der Waals surface area contributed by atoms with Crippen LogP contribution in [-0.4, -0.2) is 29.4 Å². The minimum Gasteiger partial charge on any atom is -0.481 e. The summed E-state index contributed by atoms with van der Waals surface area (Å²) in [5.74, 6) is -2.11. The predicted octanol–water partition coefficient (Wildman–Crippen LogP) is -0.521. The van der Waals surface area contributed by atoms with Crippen LogP contribution in [0.1, 0.15) is 26.7 Å². The number of hydrogen-bond donors (Lipinski definition) is 3. The summed E-state index contributed by atoms with van der Waals surface area (Å²) in [6, 6.07) is 0. The molecule has 6 nitrogen and oxygen atoms in total. The summed E-state index contributed by atoms with van der Waals surface area (Å²) in [7, 11) is 0. The third-order valence-corrected chi connectivity index (χ3v) is 1.99. The summed E-state index contributed by atoms with van der Waals surface area (Å²) in [5, 5.41) is 11.2. The van der Waals surface area contributed by atoms with Crippen molar-refractivity contribution in [2.45, 2.75) is 26.7 Å². The lowest BCUT2D eigenvalue weighted by molar-refractivity contribution is -0.147. The van der Waals surface area contributed by atoms with Gasteiger partial charge in [0.2, 0.25) is 11.8 Å². The fourth-order valence-corrected chi connectivity index (χ4v) is 0.842. The van der Waals surface area contributed by atoms with Gasteiger partial charge in [0, 0.05) is 6.54 Å². The second-order valence-electron chi connectivity index (χ2n) is 3.93. The minimum atomic E-state index is -0.924. The van der Waals surface area contributed by atoms with Crippen molar-refractivity contribution in [2.24, 2.45) is 11.1 Å². The average molecular weight is 216 g/mol. The fourth-order valence-electron chi connectivity index (χ4n) is 0.842. The summed E-state index contributed by atoms with van der Waals surface area (Å²) in [6.07, 6.45) is -0.0691. The smallest absolute Gasteiger partial charge is 0.309 e. The largest absolute Gasteiger partial charge is 0.481 e. The number of nitrogens with two attached hydrogens (primary N) is 1. The Bertz CT molecular complexity index is 273. The van der Waals surface area contributed by atoms with Gasteiger partial charge in [-0.25, -0.2) is 0 Å². The normalized spacial score (nSPS) is 10.8. The molecule has 4 N–H and O–H groups in total. The van der Waals surface area contributed by atoms with Gasteiger partial charge in [-0.05, 0) is 20.3 Å². The van der Waals surface area contributed by atoms with Crippen LogP contribution in [0.3, 0.4) is 0 Å². The number of nitrogens with one attached hydrogen (secondary N) is 1. The van der Waals surface area contributed by atoms with Crippen LogP contribution in [0.25, 0.3) is 0 Å². The zero-order chi connectivity index (χ0) is 12.1. The molecule has 0 fully saturated rings. The summed E-state index contributed by atoms with van der Waals surface area (Å²) in [5.41, 5.74) is 3.92. The molecule has 0 bridgehead atoms. The van der Waals surface area contributed by atoms with Crippen LogP contribution < -0.4 is 11.1 Å². The number of rotatable bonds is 6. The molecule has 6 heteroatoms. The van der Waals surface area contributed by atoms with Crippen molar-refractivity contribution < 1.29 is 19.5 Å². The molecule has 0 radical (unpaired) electrons. The highest BCUT2D eigenvalue weighted by Crippen LogP contribution is 2.19. The Labute approximate surface area is 87.8 Å². The first kappa shape index (κ1) is 13.4. The van der Waals surface area contributed by atoms with Crippen LogP contribution in [0.2, 0.25) is 0 Å². The molecule has 86 valence electrons. The lowest BCUT2D eigenvalue weighted by Gasteiger charge is -2.18. The van der Waals surface area contributed by atoms with E-state index >= 15 is 0 Å². The molecule has 0 spiro atoms. The number of carboxylic acid groups (broad SMARTS) is 1. The molecule has 0 rings (SSSR count). The van der Waals surface area contributed by atoms with Crippen molar-refractivity contribution in [3.63, 3.8) is 0 Å². The van der Waals surface area contributed by atoms with Gasteiger partial charge < -0.3 is 16.2 Å². The topological polar surface area (TPSA) is 109 Å².